The summed E-state index contributed by atoms with van der Waals surface area (Å²) in [6.07, 6.45) is 1.00. The van der Waals surface area contributed by atoms with Gasteiger partial charge in [0.2, 0.25) is 5.91 Å². The Labute approximate surface area is 82.8 Å². The van der Waals surface area contributed by atoms with Crippen molar-refractivity contribution in [3.8, 4) is 0 Å². The summed E-state index contributed by atoms with van der Waals surface area (Å²) in [5.41, 5.74) is 0. The van der Waals surface area contributed by atoms with E-state index in [-0.39, 0.29) is 18.0 Å². The maximum atomic E-state index is 10.9. The molecule has 2 aliphatic rings. The van der Waals surface area contributed by atoms with E-state index >= 15 is 0 Å². The predicted molar refractivity (Wildman–Crippen MR) is 49.8 cm³/mol. The molecule has 2 aliphatic heterocycles. The molecule has 0 aromatic heterocycles. The molecule has 3 N–H and O–H groups in total. The summed E-state index contributed by atoms with van der Waals surface area (Å²) in [7, 11) is 0. The van der Waals surface area contributed by atoms with E-state index in [2.05, 4.69) is 10.6 Å². The highest BCUT2D eigenvalue weighted by Gasteiger charge is 2.29. The summed E-state index contributed by atoms with van der Waals surface area (Å²) in [5.74, 6) is 0.117. The lowest BCUT2D eigenvalue weighted by Gasteiger charge is -2.27. The maximum Gasteiger partial charge on any atom is 0.220 e. The number of nitrogens with one attached hydrogen (secondary N) is 2. The highest BCUT2D eigenvalue weighted by Crippen LogP contribution is 2.09. The van der Waals surface area contributed by atoms with Crippen LogP contribution in [0.15, 0.2) is 0 Å². The molecule has 2 fully saturated rings. The van der Waals surface area contributed by atoms with Crippen LogP contribution in [0.2, 0.25) is 0 Å². The zero-order valence-corrected chi connectivity index (χ0v) is 8.03. The molecule has 3 unspecified atom stereocenters. The first-order valence-corrected chi connectivity index (χ1v) is 5.04. The Morgan fingerprint density at radius 3 is 2.93 bits per heavy atom. The van der Waals surface area contributed by atoms with Crippen LogP contribution in [0.1, 0.15) is 12.8 Å². The van der Waals surface area contributed by atoms with Gasteiger partial charge in [0, 0.05) is 19.0 Å². The van der Waals surface area contributed by atoms with Gasteiger partial charge in [0.05, 0.1) is 25.4 Å². The Morgan fingerprint density at radius 2 is 2.36 bits per heavy atom. The Balaban J connectivity index is 1.77. The molecular formula is C9H16N2O3. The fraction of sp³-hybridized carbons (Fsp3) is 0.889. The topological polar surface area (TPSA) is 70.6 Å². The normalized spacial score (nSPS) is 38.4. The Kier molecular flexibility index (Phi) is 3.00. The van der Waals surface area contributed by atoms with Gasteiger partial charge in [-0.25, -0.2) is 0 Å². The molecule has 2 rings (SSSR count). The van der Waals surface area contributed by atoms with Gasteiger partial charge in [0.1, 0.15) is 0 Å². The maximum absolute atomic E-state index is 10.9. The molecule has 2 saturated heterocycles. The van der Waals surface area contributed by atoms with E-state index in [1.807, 2.05) is 0 Å². The van der Waals surface area contributed by atoms with Crippen LogP contribution in [-0.4, -0.2) is 49.0 Å². The van der Waals surface area contributed by atoms with Crippen LogP contribution in [0.3, 0.4) is 0 Å². The molecule has 3 atom stereocenters. The number of hydrogen-bond donors (Lipinski definition) is 3. The molecule has 0 bridgehead atoms. The second-order valence-electron chi connectivity index (χ2n) is 3.92. The second-order valence-corrected chi connectivity index (χ2v) is 3.92. The molecule has 2 heterocycles. The van der Waals surface area contributed by atoms with E-state index < -0.39 is 6.10 Å². The quantitative estimate of drug-likeness (QED) is 0.513. The van der Waals surface area contributed by atoms with Crippen molar-refractivity contribution in [2.45, 2.75) is 31.0 Å². The molecular weight excluding hydrogens is 184 g/mol. The van der Waals surface area contributed by atoms with Crippen molar-refractivity contribution in [2.24, 2.45) is 0 Å². The minimum atomic E-state index is -0.410. The van der Waals surface area contributed by atoms with Crippen molar-refractivity contribution in [3.63, 3.8) is 0 Å². The predicted octanol–water partition coefficient (Wildman–Crippen LogP) is -1.39. The Morgan fingerprint density at radius 1 is 1.50 bits per heavy atom. The van der Waals surface area contributed by atoms with Crippen molar-refractivity contribution in [1.29, 1.82) is 0 Å². The van der Waals surface area contributed by atoms with Gasteiger partial charge in [0.15, 0.2) is 0 Å². The van der Waals surface area contributed by atoms with Crippen LogP contribution >= 0.6 is 0 Å². The lowest BCUT2D eigenvalue weighted by atomic mass is 10.1. The number of carbonyl (C=O) groups is 1. The van der Waals surface area contributed by atoms with Crippen LogP contribution in [0.5, 0.6) is 0 Å². The number of hydrogen-bond acceptors (Lipinski definition) is 4. The van der Waals surface area contributed by atoms with Gasteiger partial charge in [-0.1, -0.05) is 0 Å². The van der Waals surface area contributed by atoms with Gasteiger partial charge >= 0.3 is 0 Å². The molecule has 80 valence electrons. The van der Waals surface area contributed by atoms with Gasteiger partial charge in [0.25, 0.3) is 0 Å². The number of rotatable bonds is 2. The van der Waals surface area contributed by atoms with Gasteiger partial charge in [-0.05, 0) is 6.42 Å². The number of amides is 1. The molecule has 0 saturated carbocycles. The minimum Gasteiger partial charge on any atom is -0.389 e. The first-order valence-electron chi connectivity index (χ1n) is 5.04. The van der Waals surface area contributed by atoms with Crippen molar-refractivity contribution in [2.75, 3.05) is 19.8 Å². The fourth-order valence-corrected chi connectivity index (χ4v) is 1.88. The molecule has 0 radical (unpaired) electrons. The van der Waals surface area contributed by atoms with E-state index in [4.69, 9.17) is 4.74 Å². The standard InChI is InChI=1S/C9H16N2O3/c12-8-5-14-4-7(8)11-6-1-2-9(13)10-3-6/h6-8,11-12H,1-5H2,(H,10,13). The number of aliphatic hydroxyl groups is 1. The molecule has 0 aromatic carbocycles. The smallest absolute Gasteiger partial charge is 0.220 e. The zero-order valence-electron chi connectivity index (χ0n) is 8.03. The van der Waals surface area contributed by atoms with E-state index in [9.17, 15) is 9.90 Å². The van der Waals surface area contributed by atoms with Crippen LogP contribution in [0.25, 0.3) is 0 Å². The summed E-state index contributed by atoms with van der Waals surface area (Å²) < 4.78 is 5.13. The zero-order chi connectivity index (χ0) is 9.97. The molecule has 14 heavy (non-hydrogen) atoms. The molecule has 5 heteroatoms. The lowest BCUT2D eigenvalue weighted by Crippen LogP contribution is -2.52. The molecule has 0 aliphatic carbocycles. The van der Waals surface area contributed by atoms with Crippen molar-refractivity contribution < 1.29 is 14.6 Å². The molecule has 0 spiro atoms. The number of carbonyl (C=O) groups excluding carboxylic acids is 1. The third kappa shape index (κ3) is 2.23. The van der Waals surface area contributed by atoms with Gasteiger partial charge in [-0.3, -0.25) is 4.79 Å². The SMILES string of the molecule is O=C1CCC(NC2COCC2O)CN1. The first-order chi connectivity index (χ1) is 6.75. The summed E-state index contributed by atoms with van der Waals surface area (Å²) in [5, 5.41) is 15.6. The minimum absolute atomic E-state index is 0.0232. The summed E-state index contributed by atoms with van der Waals surface area (Å²) in [6.45, 7) is 1.63. The Bertz CT molecular complexity index is 212. The van der Waals surface area contributed by atoms with E-state index in [1.165, 1.54) is 0 Å². The first kappa shape index (κ1) is 9.89. The van der Waals surface area contributed by atoms with Crippen molar-refractivity contribution in [1.82, 2.24) is 10.6 Å². The second kappa shape index (κ2) is 4.25. The third-order valence-electron chi connectivity index (χ3n) is 2.77. The van der Waals surface area contributed by atoms with Crippen LogP contribution in [0, 0.1) is 0 Å². The molecule has 0 aromatic rings. The highest BCUT2D eigenvalue weighted by molar-refractivity contribution is 5.76. The van der Waals surface area contributed by atoms with E-state index in [0.717, 1.165) is 6.42 Å². The number of piperidine rings is 1. The van der Waals surface area contributed by atoms with Gasteiger partial charge in [-0.15, -0.1) is 0 Å². The number of ether oxygens (including phenoxy) is 1. The van der Waals surface area contributed by atoms with Gasteiger partial charge in [-0.2, -0.15) is 0 Å². The molecule has 1 amide bonds. The average Bonchev–Trinajstić information content (AvgIpc) is 2.56. The summed E-state index contributed by atoms with van der Waals surface area (Å²) in [4.78, 5) is 10.9. The Hall–Kier alpha value is -0.650. The highest BCUT2D eigenvalue weighted by atomic mass is 16.5. The summed E-state index contributed by atoms with van der Waals surface area (Å²) >= 11 is 0. The average molecular weight is 200 g/mol. The van der Waals surface area contributed by atoms with Crippen LogP contribution < -0.4 is 10.6 Å². The molecule has 5 nitrogen and oxygen atoms in total. The van der Waals surface area contributed by atoms with Crippen LogP contribution in [0.4, 0.5) is 0 Å². The largest absolute Gasteiger partial charge is 0.389 e. The third-order valence-corrected chi connectivity index (χ3v) is 2.77. The van der Waals surface area contributed by atoms with E-state index in [1.54, 1.807) is 0 Å². The lowest BCUT2D eigenvalue weighted by molar-refractivity contribution is -0.122. The van der Waals surface area contributed by atoms with Crippen LogP contribution in [-0.2, 0) is 9.53 Å². The van der Waals surface area contributed by atoms with Crippen molar-refractivity contribution in [3.05, 3.63) is 0 Å². The van der Waals surface area contributed by atoms with Gasteiger partial charge < -0.3 is 20.5 Å². The summed E-state index contributed by atoms with van der Waals surface area (Å²) in [6, 6.07) is 0.295. The fourth-order valence-electron chi connectivity index (χ4n) is 1.88. The van der Waals surface area contributed by atoms with E-state index in [0.29, 0.717) is 26.2 Å². The monoisotopic (exact) mass is 200 g/mol. The number of aliphatic hydroxyl groups excluding tert-OH is 1. The van der Waals surface area contributed by atoms with Crippen molar-refractivity contribution >= 4 is 5.91 Å².